The number of aromatic nitrogens is 2. The van der Waals surface area contributed by atoms with Crippen LogP contribution in [0.15, 0.2) is 53.5 Å². The number of amides is 3. The standard InChI is InChI=1S/C37H45N7O4/c1-23-32(18-38-42(3)36(23)47)39-30-17-28(20-41(2)22-30)25-6-4-24(5-7-25)19-43-14-12-26(13-15-43)27-8-9-31-29(16-27)21-44(37(31)48)33-10-11-34(45)40-35(33)46/h4-9,16,18,26,28,30,33,39H,10-15,17,19-22H2,1-3H3,(H,40,45,46)/t28-,30+,33?/m1/s1. The Kier molecular flexibility index (Phi) is 8.91. The third kappa shape index (κ3) is 6.53. The summed E-state index contributed by atoms with van der Waals surface area (Å²) in [7, 11) is 3.84. The van der Waals surface area contributed by atoms with Crippen molar-refractivity contribution in [3.05, 3.63) is 92.4 Å². The van der Waals surface area contributed by atoms with Crippen LogP contribution in [0.4, 0.5) is 5.69 Å². The van der Waals surface area contributed by atoms with Crippen LogP contribution in [0, 0.1) is 6.92 Å². The lowest BCUT2D eigenvalue weighted by Gasteiger charge is -2.37. The lowest BCUT2D eigenvalue weighted by Crippen LogP contribution is -2.52. The first kappa shape index (κ1) is 32.2. The molecule has 3 saturated heterocycles. The van der Waals surface area contributed by atoms with Gasteiger partial charge in [-0.05, 0) is 92.9 Å². The van der Waals surface area contributed by atoms with Gasteiger partial charge in [-0.15, -0.1) is 0 Å². The zero-order valence-electron chi connectivity index (χ0n) is 28.1. The molecule has 7 rings (SSSR count). The molecule has 11 nitrogen and oxygen atoms in total. The predicted molar refractivity (Wildman–Crippen MR) is 183 cm³/mol. The Morgan fingerprint density at radius 1 is 0.917 bits per heavy atom. The van der Waals surface area contributed by atoms with E-state index in [0.29, 0.717) is 35.9 Å². The van der Waals surface area contributed by atoms with E-state index in [-0.39, 0.29) is 35.7 Å². The van der Waals surface area contributed by atoms with E-state index in [1.807, 2.05) is 13.0 Å². The number of hydrogen-bond donors (Lipinski definition) is 2. The molecule has 4 aliphatic heterocycles. The molecule has 5 heterocycles. The Balaban J connectivity index is 0.921. The molecule has 252 valence electrons. The summed E-state index contributed by atoms with van der Waals surface area (Å²) in [5, 5.41) is 10.2. The van der Waals surface area contributed by atoms with Crippen molar-refractivity contribution in [2.45, 2.75) is 76.0 Å². The summed E-state index contributed by atoms with van der Waals surface area (Å²) < 4.78 is 1.37. The number of benzene rings is 2. The molecule has 11 heteroatoms. The second-order valence-corrected chi connectivity index (χ2v) is 14.2. The predicted octanol–water partition coefficient (Wildman–Crippen LogP) is 3.13. The van der Waals surface area contributed by atoms with Gasteiger partial charge in [-0.25, -0.2) is 4.68 Å². The fourth-order valence-corrected chi connectivity index (χ4v) is 8.11. The molecule has 3 amide bonds. The number of imide groups is 1. The number of aryl methyl sites for hydroxylation is 1. The Hall–Kier alpha value is -4.35. The zero-order valence-corrected chi connectivity index (χ0v) is 28.1. The lowest BCUT2D eigenvalue weighted by molar-refractivity contribution is -0.136. The van der Waals surface area contributed by atoms with E-state index in [4.69, 9.17) is 0 Å². The number of hydrogen-bond acceptors (Lipinski definition) is 8. The highest BCUT2D eigenvalue weighted by Crippen LogP contribution is 2.34. The average molecular weight is 652 g/mol. The van der Waals surface area contributed by atoms with Gasteiger partial charge in [-0.1, -0.05) is 36.4 Å². The van der Waals surface area contributed by atoms with Crippen LogP contribution in [-0.4, -0.2) is 87.5 Å². The lowest BCUT2D eigenvalue weighted by atomic mass is 9.87. The van der Waals surface area contributed by atoms with E-state index in [9.17, 15) is 19.2 Å². The van der Waals surface area contributed by atoms with Crippen LogP contribution in [0.5, 0.6) is 0 Å². The van der Waals surface area contributed by atoms with E-state index in [1.165, 1.54) is 21.4 Å². The summed E-state index contributed by atoms with van der Waals surface area (Å²) in [5.41, 5.74) is 7.04. The Bertz CT molecular complexity index is 1780. The molecule has 4 aliphatic rings. The number of carbonyl (C=O) groups is 3. The van der Waals surface area contributed by atoms with Crippen molar-refractivity contribution in [1.29, 1.82) is 0 Å². The van der Waals surface area contributed by atoms with Crippen molar-refractivity contribution >= 4 is 23.4 Å². The highest BCUT2D eigenvalue weighted by Gasteiger charge is 2.39. The van der Waals surface area contributed by atoms with Crippen LogP contribution in [0.2, 0.25) is 0 Å². The normalized spacial score (nSPS) is 24.1. The molecular formula is C37H45N7O4. The summed E-state index contributed by atoms with van der Waals surface area (Å²) in [6, 6.07) is 15.0. The van der Waals surface area contributed by atoms with Gasteiger partial charge in [0.1, 0.15) is 6.04 Å². The molecule has 0 saturated carbocycles. The molecule has 2 aromatic carbocycles. The molecule has 0 bridgehead atoms. The number of rotatable bonds is 7. The minimum Gasteiger partial charge on any atom is -0.379 e. The number of likely N-dealkylation sites (tertiary alicyclic amines) is 2. The van der Waals surface area contributed by atoms with Crippen LogP contribution in [0.3, 0.4) is 0 Å². The van der Waals surface area contributed by atoms with Crippen molar-refractivity contribution < 1.29 is 14.4 Å². The Morgan fingerprint density at radius 2 is 1.67 bits per heavy atom. The van der Waals surface area contributed by atoms with Gasteiger partial charge in [0.2, 0.25) is 11.8 Å². The minimum atomic E-state index is -0.582. The molecule has 1 unspecified atom stereocenters. The summed E-state index contributed by atoms with van der Waals surface area (Å²) in [5.74, 6) is 0.0895. The van der Waals surface area contributed by atoms with Gasteiger partial charge >= 0.3 is 0 Å². The zero-order chi connectivity index (χ0) is 33.5. The first-order valence-electron chi connectivity index (χ1n) is 17.2. The molecule has 0 aliphatic carbocycles. The first-order valence-corrected chi connectivity index (χ1v) is 17.2. The maximum Gasteiger partial charge on any atom is 0.271 e. The van der Waals surface area contributed by atoms with E-state index < -0.39 is 6.04 Å². The molecule has 1 aromatic heterocycles. The summed E-state index contributed by atoms with van der Waals surface area (Å²) in [6.45, 7) is 7.16. The number of nitrogens with zero attached hydrogens (tertiary/aromatic N) is 5. The molecule has 3 atom stereocenters. The van der Waals surface area contributed by atoms with Crippen molar-refractivity contribution in [2.75, 3.05) is 38.5 Å². The SMILES string of the molecule is Cc1c(N[C@H]2C[C@@H](c3ccc(CN4CCC(c5ccc6c(c5)CN(C5CCC(=O)NC5=O)C6=O)CC4)cc3)CN(C)C2)cnn(C)c1=O. The monoisotopic (exact) mass is 651 g/mol. The van der Waals surface area contributed by atoms with Crippen LogP contribution in [-0.2, 0) is 29.7 Å². The smallest absolute Gasteiger partial charge is 0.271 e. The molecule has 3 aromatic rings. The van der Waals surface area contributed by atoms with E-state index in [0.717, 1.165) is 63.2 Å². The maximum absolute atomic E-state index is 13.1. The van der Waals surface area contributed by atoms with Crippen molar-refractivity contribution in [2.24, 2.45) is 7.05 Å². The Labute approximate surface area is 281 Å². The number of likely N-dealkylation sites (N-methyl/N-ethyl adjacent to an activating group) is 1. The van der Waals surface area contributed by atoms with Crippen molar-refractivity contribution in [1.82, 2.24) is 29.8 Å². The van der Waals surface area contributed by atoms with Gasteiger partial charge in [-0.3, -0.25) is 29.4 Å². The van der Waals surface area contributed by atoms with Gasteiger partial charge < -0.3 is 15.1 Å². The number of anilines is 1. The molecule has 2 N–H and O–H groups in total. The minimum absolute atomic E-state index is 0.0680. The molecule has 48 heavy (non-hydrogen) atoms. The van der Waals surface area contributed by atoms with Gasteiger partial charge in [0.15, 0.2) is 0 Å². The highest BCUT2D eigenvalue weighted by atomic mass is 16.2. The third-order valence-corrected chi connectivity index (χ3v) is 10.8. The molecular weight excluding hydrogens is 606 g/mol. The number of piperidine rings is 3. The topological polar surface area (TPSA) is 120 Å². The molecule has 0 spiro atoms. The second-order valence-electron chi connectivity index (χ2n) is 14.2. The number of nitrogens with one attached hydrogen (secondary N) is 2. The fourth-order valence-electron chi connectivity index (χ4n) is 8.11. The summed E-state index contributed by atoms with van der Waals surface area (Å²) in [6.07, 6.45) is 5.52. The molecule has 0 radical (unpaired) electrons. The number of carbonyl (C=O) groups excluding carboxylic acids is 3. The van der Waals surface area contributed by atoms with Crippen LogP contribution < -0.4 is 16.2 Å². The van der Waals surface area contributed by atoms with Gasteiger partial charge in [-0.2, -0.15) is 5.10 Å². The average Bonchev–Trinajstić information content (AvgIpc) is 3.40. The van der Waals surface area contributed by atoms with Gasteiger partial charge in [0, 0.05) is 56.8 Å². The van der Waals surface area contributed by atoms with Crippen LogP contribution in [0.1, 0.15) is 82.1 Å². The largest absolute Gasteiger partial charge is 0.379 e. The van der Waals surface area contributed by atoms with E-state index in [2.05, 4.69) is 69.0 Å². The fraction of sp³-hybridized carbons (Fsp3) is 0.486. The molecule has 3 fully saturated rings. The first-order chi connectivity index (χ1) is 23.1. The van der Waals surface area contributed by atoms with Gasteiger partial charge in [0.05, 0.1) is 11.9 Å². The van der Waals surface area contributed by atoms with Crippen LogP contribution >= 0.6 is 0 Å². The second kappa shape index (κ2) is 13.3. The summed E-state index contributed by atoms with van der Waals surface area (Å²) in [4.78, 5) is 56.0. The third-order valence-electron chi connectivity index (χ3n) is 10.8. The number of fused-ring (bicyclic) bond motifs is 1. The van der Waals surface area contributed by atoms with Crippen molar-refractivity contribution in [3.63, 3.8) is 0 Å². The van der Waals surface area contributed by atoms with Crippen LogP contribution in [0.25, 0.3) is 0 Å². The van der Waals surface area contributed by atoms with E-state index >= 15 is 0 Å². The quantitative estimate of drug-likeness (QED) is 0.374. The van der Waals surface area contributed by atoms with Gasteiger partial charge in [0.25, 0.3) is 11.5 Å². The highest BCUT2D eigenvalue weighted by molar-refractivity contribution is 6.05. The Morgan fingerprint density at radius 3 is 2.42 bits per heavy atom. The summed E-state index contributed by atoms with van der Waals surface area (Å²) >= 11 is 0. The maximum atomic E-state index is 13.1. The van der Waals surface area contributed by atoms with E-state index in [1.54, 1.807) is 18.1 Å². The van der Waals surface area contributed by atoms with Crippen molar-refractivity contribution in [3.8, 4) is 0 Å².